The van der Waals surface area contributed by atoms with E-state index < -0.39 is 28.8 Å². The van der Waals surface area contributed by atoms with E-state index >= 15 is 0 Å². The molecule has 0 aromatic heterocycles. The number of nitrogens with one attached hydrogen (secondary N) is 1. The molecule has 6 heteroatoms. The van der Waals surface area contributed by atoms with Crippen LogP contribution in [0.15, 0.2) is 0 Å². The molecule has 0 bridgehead atoms. The van der Waals surface area contributed by atoms with Crippen LogP contribution in [0.5, 0.6) is 0 Å². The first-order valence-electron chi connectivity index (χ1n) is 6.34. The Balaban J connectivity index is 2.88. The monoisotopic (exact) mass is 273 g/mol. The van der Waals surface area contributed by atoms with Crippen molar-refractivity contribution in [3.05, 3.63) is 0 Å². The van der Waals surface area contributed by atoms with Crippen LogP contribution in [0, 0.1) is 0 Å². The molecule has 0 radical (unpaired) electrons. The summed E-state index contributed by atoms with van der Waals surface area (Å²) in [5.41, 5.74) is -2.32. The predicted octanol–water partition coefficient (Wildman–Crippen LogP) is 1.92. The first-order valence-corrected chi connectivity index (χ1v) is 6.34. The lowest BCUT2D eigenvalue weighted by Crippen LogP contribution is -2.60. The van der Waals surface area contributed by atoms with Gasteiger partial charge in [0.05, 0.1) is 17.6 Å². The van der Waals surface area contributed by atoms with Gasteiger partial charge in [0.2, 0.25) is 0 Å². The van der Waals surface area contributed by atoms with Crippen molar-refractivity contribution in [3.8, 4) is 0 Å². The average molecular weight is 273 g/mol. The van der Waals surface area contributed by atoms with Crippen LogP contribution < -0.4 is 5.32 Å². The van der Waals surface area contributed by atoms with E-state index in [-0.39, 0.29) is 6.42 Å². The summed E-state index contributed by atoms with van der Waals surface area (Å²) in [6.07, 6.45) is -0.363. The van der Waals surface area contributed by atoms with Crippen molar-refractivity contribution in [2.24, 2.45) is 0 Å². The Hall–Kier alpha value is -1.30. The van der Waals surface area contributed by atoms with E-state index in [1.165, 1.54) is 0 Å². The normalized spacial score (nSPS) is 25.9. The van der Waals surface area contributed by atoms with Gasteiger partial charge in [-0.1, -0.05) is 0 Å². The molecular formula is C13H23NO5. The fraction of sp³-hybridized carbons (Fsp3) is 0.846. The van der Waals surface area contributed by atoms with Crippen LogP contribution in [0.25, 0.3) is 0 Å². The molecule has 1 amide bonds. The zero-order chi connectivity index (χ0) is 14.9. The molecular weight excluding hydrogens is 250 g/mol. The molecule has 1 rings (SSSR count). The minimum absolute atomic E-state index is 0.195. The highest BCUT2D eigenvalue weighted by molar-refractivity contribution is 5.73. The number of aliphatic carboxylic acids is 1. The number of carboxylic acids is 1. The van der Waals surface area contributed by atoms with Crippen LogP contribution in [-0.2, 0) is 14.3 Å². The summed E-state index contributed by atoms with van der Waals surface area (Å²) in [6, 6.07) is 0. The highest BCUT2D eigenvalue weighted by atomic mass is 16.6. The fourth-order valence-corrected chi connectivity index (χ4v) is 2.24. The third kappa shape index (κ3) is 3.83. The van der Waals surface area contributed by atoms with Gasteiger partial charge in [0.15, 0.2) is 0 Å². The van der Waals surface area contributed by atoms with Gasteiger partial charge in [-0.05, 0) is 41.0 Å². The second-order valence-corrected chi connectivity index (χ2v) is 6.39. The number of hydrogen-bond donors (Lipinski definition) is 2. The average Bonchev–Trinajstić information content (AvgIpc) is 2.36. The van der Waals surface area contributed by atoms with Crippen LogP contribution in [0.1, 0.15) is 47.5 Å². The van der Waals surface area contributed by atoms with Gasteiger partial charge in [-0.15, -0.1) is 0 Å². The van der Waals surface area contributed by atoms with Gasteiger partial charge >= 0.3 is 12.1 Å². The number of hydrogen-bond acceptors (Lipinski definition) is 4. The van der Waals surface area contributed by atoms with Gasteiger partial charge in [0.1, 0.15) is 5.60 Å². The van der Waals surface area contributed by atoms with Crippen molar-refractivity contribution in [2.45, 2.75) is 64.2 Å². The maximum Gasteiger partial charge on any atom is 0.408 e. The summed E-state index contributed by atoms with van der Waals surface area (Å²) >= 11 is 0. The summed E-state index contributed by atoms with van der Waals surface area (Å²) in [7, 11) is 0. The van der Waals surface area contributed by atoms with Gasteiger partial charge in [-0.3, -0.25) is 4.79 Å². The SMILES string of the molecule is CC(C)(C)OC(=O)NC1(CC(=O)O)CCOC1(C)C. The van der Waals surface area contributed by atoms with E-state index in [1.807, 2.05) is 0 Å². The summed E-state index contributed by atoms with van der Waals surface area (Å²) < 4.78 is 10.8. The molecule has 0 spiro atoms. The maximum atomic E-state index is 11.9. The van der Waals surface area contributed by atoms with E-state index in [1.54, 1.807) is 34.6 Å². The number of carboxylic acid groups (broad SMARTS) is 1. The van der Waals surface area contributed by atoms with Crippen LogP contribution in [0.4, 0.5) is 4.79 Å². The van der Waals surface area contributed by atoms with Gasteiger partial charge in [-0.2, -0.15) is 0 Å². The van der Waals surface area contributed by atoms with Crippen molar-refractivity contribution in [3.63, 3.8) is 0 Å². The molecule has 6 nitrogen and oxygen atoms in total. The molecule has 0 aromatic rings. The molecule has 2 N–H and O–H groups in total. The van der Waals surface area contributed by atoms with E-state index in [0.717, 1.165) is 0 Å². The standard InChI is InChI=1S/C13H23NO5/c1-11(2,3)19-10(17)14-13(8-9(15)16)6-7-18-12(13,4)5/h6-8H2,1-5H3,(H,14,17)(H,15,16). The van der Waals surface area contributed by atoms with Crippen LogP contribution in [-0.4, -0.2) is 40.5 Å². The molecule has 1 aliphatic heterocycles. The van der Waals surface area contributed by atoms with Gasteiger partial charge in [0.25, 0.3) is 0 Å². The Bertz CT molecular complexity index is 372. The zero-order valence-corrected chi connectivity index (χ0v) is 12.2. The molecule has 1 atom stereocenters. The third-order valence-corrected chi connectivity index (χ3v) is 3.34. The highest BCUT2D eigenvalue weighted by Gasteiger charge is 2.53. The Kier molecular flexibility index (Phi) is 4.14. The van der Waals surface area contributed by atoms with Crippen LogP contribution in [0.3, 0.4) is 0 Å². The smallest absolute Gasteiger partial charge is 0.408 e. The quantitative estimate of drug-likeness (QED) is 0.820. The minimum atomic E-state index is -0.977. The lowest BCUT2D eigenvalue weighted by Gasteiger charge is -2.39. The Morgan fingerprint density at radius 1 is 1.37 bits per heavy atom. The largest absolute Gasteiger partial charge is 0.481 e. The van der Waals surface area contributed by atoms with Crippen molar-refractivity contribution >= 4 is 12.1 Å². The Morgan fingerprint density at radius 2 is 1.95 bits per heavy atom. The number of carbonyl (C=O) groups is 2. The topological polar surface area (TPSA) is 84.9 Å². The molecule has 19 heavy (non-hydrogen) atoms. The van der Waals surface area contributed by atoms with Crippen LogP contribution >= 0.6 is 0 Å². The number of carbonyl (C=O) groups excluding carboxylic acids is 1. The van der Waals surface area contributed by atoms with Crippen molar-refractivity contribution < 1.29 is 24.2 Å². The second-order valence-electron chi connectivity index (χ2n) is 6.39. The molecule has 1 heterocycles. The van der Waals surface area contributed by atoms with Gasteiger partial charge in [0, 0.05) is 6.61 Å². The number of rotatable bonds is 3. The fourth-order valence-electron chi connectivity index (χ4n) is 2.24. The summed E-state index contributed by atoms with van der Waals surface area (Å²) in [6.45, 7) is 9.24. The summed E-state index contributed by atoms with van der Waals surface area (Å²) in [4.78, 5) is 23.0. The first-order chi connectivity index (χ1) is 8.47. The third-order valence-electron chi connectivity index (χ3n) is 3.34. The number of ether oxygens (including phenoxy) is 2. The maximum absolute atomic E-state index is 11.9. The minimum Gasteiger partial charge on any atom is -0.481 e. The molecule has 0 saturated carbocycles. The molecule has 1 unspecified atom stereocenters. The Labute approximate surface area is 113 Å². The van der Waals surface area contributed by atoms with E-state index in [4.69, 9.17) is 14.6 Å². The highest BCUT2D eigenvalue weighted by Crippen LogP contribution is 2.38. The van der Waals surface area contributed by atoms with E-state index in [9.17, 15) is 9.59 Å². The lowest BCUT2D eigenvalue weighted by molar-refractivity contribution is -0.140. The predicted molar refractivity (Wildman–Crippen MR) is 69.0 cm³/mol. The van der Waals surface area contributed by atoms with Crippen molar-refractivity contribution in [1.29, 1.82) is 0 Å². The zero-order valence-electron chi connectivity index (χ0n) is 12.2. The molecule has 0 aromatic carbocycles. The Morgan fingerprint density at radius 3 is 2.32 bits per heavy atom. The van der Waals surface area contributed by atoms with E-state index in [2.05, 4.69) is 5.32 Å². The van der Waals surface area contributed by atoms with Crippen molar-refractivity contribution in [2.75, 3.05) is 6.61 Å². The first kappa shape index (κ1) is 15.8. The molecule has 0 aliphatic carbocycles. The molecule has 110 valence electrons. The van der Waals surface area contributed by atoms with E-state index in [0.29, 0.717) is 13.0 Å². The second kappa shape index (κ2) is 5.00. The molecule has 1 saturated heterocycles. The summed E-state index contributed by atoms with van der Waals surface area (Å²) in [5.74, 6) is -0.977. The molecule has 1 fully saturated rings. The van der Waals surface area contributed by atoms with Gasteiger partial charge < -0.3 is 19.9 Å². The van der Waals surface area contributed by atoms with Gasteiger partial charge in [-0.25, -0.2) is 4.79 Å². The van der Waals surface area contributed by atoms with Crippen molar-refractivity contribution in [1.82, 2.24) is 5.32 Å². The number of alkyl carbamates (subject to hydrolysis) is 1. The lowest BCUT2D eigenvalue weighted by atomic mass is 9.79. The van der Waals surface area contributed by atoms with Crippen LogP contribution in [0.2, 0.25) is 0 Å². The number of amides is 1. The summed E-state index contributed by atoms with van der Waals surface area (Å²) in [5, 5.41) is 11.8. The molecule has 1 aliphatic rings.